The third kappa shape index (κ3) is 4.28. The molecule has 1 aromatic carbocycles. The van der Waals surface area contributed by atoms with E-state index in [-0.39, 0.29) is 10.9 Å². The molecule has 0 aromatic heterocycles. The number of rotatable bonds is 6. The van der Waals surface area contributed by atoms with Crippen molar-refractivity contribution in [2.24, 2.45) is 0 Å². The maximum atomic E-state index is 11.6. The highest BCUT2D eigenvalue weighted by molar-refractivity contribution is 8.14. The number of nitrogens with one attached hydrogen (secondary N) is 1. The minimum absolute atomic E-state index is 0.00179. The topological polar surface area (TPSA) is 83.5 Å². The number of carboxylic acids is 1. The highest BCUT2D eigenvalue weighted by atomic mass is 32.2. The van der Waals surface area contributed by atoms with Crippen LogP contribution < -0.4 is 5.32 Å². The standard InChI is InChI=1S/C11H11NO4S/c13-7-12-9(10(14)15)6-17-11(16)8-4-2-1-3-5-8/h1-5,7,9H,6H2,(H,12,13)(H,14,15)/t9-/m1/s1. The van der Waals surface area contributed by atoms with Gasteiger partial charge in [-0.05, 0) is 0 Å². The zero-order valence-corrected chi connectivity index (χ0v) is 9.65. The van der Waals surface area contributed by atoms with Crippen LogP contribution in [0, 0.1) is 0 Å². The Kier molecular flexibility index (Phi) is 5.22. The zero-order chi connectivity index (χ0) is 12.7. The van der Waals surface area contributed by atoms with Crippen LogP contribution in [-0.4, -0.2) is 34.4 Å². The first-order valence-corrected chi connectivity index (χ1v) is 5.78. The fraction of sp³-hybridized carbons (Fsp3) is 0.182. The summed E-state index contributed by atoms with van der Waals surface area (Å²) in [7, 11) is 0. The van der Waals surface area contributed by atoms with Crippen LogP contribution in [-0.2, 0) is 9.59 Å². The Bertz CT molecular complexity index is 407. The summed E-state index contributed by atoms with van der Waals surface area (Å²) in [4.78, 5) is 32.5. The molecule has 17 heavy (non-hydrogen) atoms. The molecular formula is C11H11NO4S. The van der Waals surface area contributed by atoms with Crippen molar-refractivity contribution in [3.05, 3.63) is 35.9 Å². The normalized spacial score (nSPS) is 11.5. The molecule has 0 saturated heterocycles. The first kappa shape index (κ1) is 13.2. The average Bonchev–Trinajstić information content (AvgIpc) is 2.34. The second-order valence-electron chi connectivity index (χ2n) is 3.14. The van der Waals surface area contributed by atoms with Crippen molar-refractivity contribution in [2.75, 3.05) is 5.75 Å². The van der Waals surface area contributed by atoms with Crippen molar-refractivity contribution in [3.8, 4) is 0 Å². The van der Waals surface area contributed by atoms with Crippen LogP contribution in [0.1, 0.15) is 10.4 Å². The molecule has 0 aliphatic rings. The summed E-state index contributed by atoms with van der Waals surface area (Å²) in [5.74, 6) is -1.16. The molecule has 90 valence electrons. The molecule has 5 nitrogen and oxygen atoms in total. The lowest BCUT2D eigenvalue weighted by Gasteiger charge is -2.09. The van der Waals surface area contributed by atoms with E-state index >= 15 is 0 Å². The van der Waals surface area contributed by atoms with Gasteiger partial charge in [0, 0.05) is 11.3 Å². The summed E-state index contributed by atoms with van der Waals surface area (Å²) in [5.41, 5.74) is 0.507. The van der Waals surface area contributed by atoms with E-state index < -0.39 is 12.0 Å². The summed E-state index contributed by atoms with van der Waals surface area (Å²) in [6, 6.07) is 7.50. The number of benzene rings is 1. The van der Waals surface area contributed by atoms with E-state index in [1.54, 1.807) is 30.3 Å². The van der Waals surface area contributed by atoms with E-state index in [0.29, 0.717) is 12.0 Å². The molecule has 6 heteroatoms. The fourth-order valence-electron chi connectivity index (χ4n) is 1.09. The average molecular weight is 253 g/mol. The Morgan fingerprint density at radius 3 is 2.53 bits per heavy atom. The number of hydrogen-bond donors (Lipinski definition) is 2. The summed E-state index contributed by atoms with van der Waals surface area (Å²) >= 11 is 0.865. The number of carbonyl (C=O) groups is 3. The molecule has 0 heterocycles. The summed E-state index contributed by atoms with van der Waals surface area (Å²) < 4.78 is 0. The van der Waals surface area contributed by atoms with Gasteiger partial charge in [-0.3, -0.25) is 9.59 Å². The van der Waals surface area contributed by atoms with Gasteiger partial charge in [-0.15, -0.1) is 0 Å². The van der Waals surface area contributed by atoms with Gasteiger partial charge in [-0.1, -0.05) is 42.1 Å². The molecule has 0 aliphatic carbocycles. The maximum Gasteiger partial charge on any atom is 0.327 e. The lowest BCUT2D eigenvalue weighted by molar-refractivity contribution is -0.139. The molecule has 0 fully saturated rings. The van der Waals surface area contributed by atoms with Gasteiger partial charge >= 0.3 is 5.97 Å². The van der Waals surface area contributed by atoms with Gasteiger partial charge in [-0.2, -0.15) is 0 Å². The second kappa shape index (κ2) is 6.70. The Morgan fingerprint density at radius 1 is 1.35 bits per heavy atom. The Labute approximate surface area is 102 Å². The van der Waals surface area contributed by atoms with Crippen molar-refractivity contribution in [1.82, 2.24) is 5.32 Å². The minimum Gasteiger partial charge on any atom is -0.480 e. The zero-order valence-electron chi connectivity index (χ0n) is 8.83. The van der Waals surface area contributed by atoms with Crippen LogP contribution in [0.5, 0.6) is 0 Å². The molecule has 1 atom stereocenters. The quantitative estimate of drug-likeness (QED) is 0.731. The molecule has 0 unspecified atom stereocenters. The summed E-state index contributed by atoms with van der Waals surface area (Å²) in [6.07, 6.45) is 0.312. The molecule has 0 spiro atoms. The van der Waals surface area contributed by atoms with Crippen LogP contribution in [0.2, 0.25) is 0 Å². The Morgan fingerprint density at radius 2 is 2.00 bits per heavy atom. The minimum atomic E-state index is -1.16. The number of hydrogen-bond acceptors (Lipinski definition) is 4. The molecule has 0 aliphatic heterocycles. The molecule has 0 radical (unpaired) electrons. The molecule has 1 rings (SSSR count). The van der Waals surface area contributed by atoms with Crippen LogP contribution in [0.3, 0.4) is 0 Å². The van der Waals surface area contributed by atoms with Crippen LogP contribution in [0.15, 0.2) is 30.3 Å². The predicted octanol–water partition coefficient (Wildman–Crippen LogP) is 0.759. The fourth-order valence-corrected chi connectivity index (χ4v) is 1.95. The van der Waals surface area contributed by atoms with Crippen LogP contribution in [0.25, 0.3) is 0 Å². The van der Waals surface area contributed by atoms with Gasteiger partial charge in [0.05, 0.1) is 0 Å². The molecular weight excluding hydrogens is 242 g/mol. The lowest BCUT2D eigenvalue weighted by Crippen LogP contribution is -2.38. The van der Waals surface area contributed by atoms with Gasteiger partial charge < -0.3 is 10.4 Å². The monoisotopic (exact) mass is 253 g/mol. The van der Waals surface area contributed by atoms with E-state index in [1.165, 1.54) is 0 Å². The van der Waals surface area contributed by atoms with Gasteiger partial charge in [-0.25, -0.2) is 4.79 Å². The second-order valence-corrected chi connectivity index (χ2v) is 4.13. The van der Waals surface area contributed by atoms with Crippen molar-refractivity contribution < 1.29 is 19.5 Å². The SMILES string of the molecule is O=CN[C@H](CSC(=O)c1ccccc1)C(=O)O. The predicted molar refractivity (Wildman–Crippen MR) is 63.9 cm³/mol. The van der Waals surface area contributed by atoms with E-state index in [1.807, 2.05) is 0 Å². The van der Waals surface area contributed by atoms with E-state index in [2.05, 4.69) is 5.32 Å². The van der Waals surface area contributed by atoms with E-state index in [4.69, 9.17) is 5.11 Å². The number of thioether (sulfide) groups is 1. The third-order valence-electron chi connectivity index (χ3n) is 1.96. The van der Waals surface area contributed by atoms with Crippen molar-refractivity contribution in [2.45, 2.75) is 6.04 Å². The van der Waals surface area contributed by atoms with E-state index in [9.17, 15) is 14.4 Å². The number of carbonyl (C=O) groups excluding carboxylic acids is 2. The smallest absolute Gasteiger partial charge is 0.327 e. The number of amides is 1. The van der Waals surface area contributed by atoms with Gasteiger partial charge in [0.25, 0.3) is 0 Å². The van der Waals surface area contributed by atoms with E-state index in [0.717, 1.165) is 11.8 Å². The molecule has 0 bridgehead atoms. The van der Waals surface area contributed by atoms with Crippen molar-refractivity contribution in [3.63, 3.8) is 0 Å². The van der Waals surface area contributed by atoms with Crippen LogP contribution in [0.4, 0.5) is 0 Å². The highest BCUT2D eigenvalue weighted by Gasteiger charge is 2.18. The Hall–Kier alpha value is -1.82. The van der Waals surface area contributed by atoms with Crippen LogP contribution >= 0.6 is 11.8 Å². The lowest BCUT2D eigenvalue weighted by atomic mass is 10.2. The van der Waals surface area contributed by atoms with Crippen molar-refractivity contribution >= 4 is 29.3 Å². The Balaban J connectivity index is 2.52. The molecule has 1 aromatic rings. The maximum absolute atomic E-state index is 11.6. The van der Waals surface area contributed by atoms with Crippen molar-refractivity contribution in [1.29, 1.82) is 0 Å². The van der Waals surface area contributed by atoms with Gasteiger partial charge in [0.1, 0.15) is 6.04 Å². The highest BCUT2D eigenvalue weighted by Crippen LogP contribution is 2.13. The summed E-state index contributed by atoms with van der Waals surface area (Å²) in [5, 5.41) is 10.7. The van der Waals surface area contributed by atoms with Gasteiger partial charge in [0.15, 0.2) is 0 Å². The summed E-state index contributed by atoms with van der Waals surface area (Å²) in [6.45, 7) is 0. The van der Waals surface area contributed by atoms with Gasteiger partial charge in [0.2, 0.25) is 11.5 Å². The largest absolute Gasteiger partial charge is 0.480 e. The molecule has 0 saturated carbocycles. The number of carboxylic acid groups (broad SMARTS) is 1. The molecule has 2 N–H and O–H groups in total. The molecule has 1 amide bonds. The number of aliphatic carboxylic acids is 1. The first-order chi connectivity index (χ1) is 8.15. The first-order valence-electron chi connectivity index (χ1n) is 4.80. The third-order valence-corrected chi connectivity index (χ3v) is 2.96.